The summed E-state index contributed by atoms with van der Waals surface area (Å²) in [6.45, 7) is 0.614. The Morgan fingerprint density at radius 3 is 2.65 bits per heavy atom. The fourth-order valence-corrected chi connectivity index (χ4v) is 2.44. The lowest BCUT2D eigenvalue weighted by atomic mass is 9.99. The lowest BCUT2D eigenvalue weighted by Gasteiger charge is -2.15. The molecule has 4 nitrogen and oxygen atoms in total. The number of rotatable bonds is 5. The van der Waals surface area contributed by atoms with Gasteiger partial charge >= 0.3 is 0 Å². The molecule has 2 rings (SSSR count). The molecule has 1 saturated carbocycles. The van der Waals surface area contributed by atoms with Gasteiger partial charge in [-0.3, -0.25) is 0 Å². The van der Waals surface area contributed by atoms with Crippen LogP contribution in [0.4, 0.5) is 0 Å². The van der Waals surface area contributed by atoms with E-state index in [0.29, 0.717) is 6.54 Å². The summed E-state index contributed by atoms with van der Waals surface area (Å²) in [7, 11) is 3.25. The Bertz CT molecular complexity index is 402. The average Bonchev–Trinajstić information content (AvgIpc) is 3.12. The molecule has 0 saturated heterocycles. The number of hydrogen-bond donors (Lipinski definition) is 2. The van der Waals surface area contributed by atoms with Crippen LogP contribution < -0.4 is 15.2 Å². The van der Waals surface area contributed by atoms with Crippen LogP contribution in [0.25, 0.3) is 0 Å². The lowest BCUT2D eigenvalue weighted by molar-refractivity contribution is 0.211. The van der Waals surface area contributed by atoms with Crippen molar-refractivity contribution in [1.29, 1.82) is 0 Å². The highest BCUT2D eigenvalue weighted by atomic mass is 16.5. The minimum atomic E-state index is -0.167. The zero-order valence-electron chi connectivity index (χ0n) is 10.3. The van der Waals surface area contributed by atoms with E-state index in [1.54, 1.807) is 14.2 Å². The van der Waals surface area contributed by atoms with Gasteiger partial charge in [-0.05, 0) is 18.4 Å². The van der Waals surface area contributed by atoms with Crippen LogP contribution in [0.15, 0.2) is 18.2 Å². The molecule has 0 amide bonds. The zero-order chi connectivity index (χ0) is 12.5. The molecule has 0 aliphatic heterocycles. The third-order valence-corrected chi connectivity index (χ3v) is 3.72. The van der Waals surface area contributed by atoms with Gasteiger partial charge in [-0.1, -0.05) is 12.1 Å². The first-order valence-corrected chi connectivity index (χ1v) is 5.74. The second kappa shape index (κ2) is 4.55. The van der Waals surface area contributed by atoms with Gasteiger partial charge in [0.05, 0.1) is 20.8 Å². The van der Waals surface area contributed by atoms with Gasteiger partial charge in [0.15, 0.2) is 11.5 Å². The van der Waals surface area contributed by atoms with Crippen molar-refractivity contribution in [1.82, 2.24) is 0 Å². The van der Waals surface area contributed by atoms with Crippen LogP contribution in [-0.2, 0) is 0 Å². The van der Waals surface area contributed by atoms with Gasteiger partial charge in [0, 0.05) is 17.5 Å². The molecule has 0 unspecified atom stereocenters. The predicted molar refractivity (Wildman–Crippen MR) is 65.5 cm³/mol. The first-order chi connectivity index (χ1) is 8.22. The number of hydrogen-bond acceptors (Lipinski definition) is 4. The van der Waals surface area contributed by atoms with E-state index in [0.717, 1.165) is 23.5 Å². The number of para-hydroxylation sites is 1. The molecule has 0 spiro atoms. The monoisotopic (exact) mass is 237 g/mol. The molecule has 94 valence electrons. The summed E-state index contributed by atoms with van der Waals surface area (Å²) >= 11 is 0. The molecule has 0 aromatic heterocycles. The number of ether oxygens (including phenoxy) is 2. The Morgan fingerprint density at radius 2 is 2.18 bits per heavy atom. The number of methoxy groups -OCH3 is 2. The Kier molecular flexibility index (Phi) is 3.26. The number of benzene rings is 1. The van der Waals surface area contributed by atoms with Crippen molar-refractivity contribution < 1.29 is 14.6 Å². The molecule has 1 aromatic carbocycles. The third kappa shape index (κ3) is 1.87. The molecular weight excluding hydrogens is 218 g/mol. The largest absolute Gasteiger partial charge is 0.493 e. The zero-order valence-corrected chi connectivity index (χ0v) is 10.3. The first-order valence-electron chi connectivity index (χ1n) is 5.74. The Hall–Kier alpha value is -1.26. The fraction of sp³-hybridized carbons (Fsp3) is 0.538. The molecule has 1 aromatic rings. The maximum absolute atomic E-state index is 9.43. The Balaban J connectivity index is 2.34. The summed E-state index contributed by atoms with van der Waals surface area (Å²) in [6, 6.07) is 5.82. The third-order valence-electron chi connectivity index (χ3n) is 3.72. The summed E-state index contributed by atoms with van der Waals surface area (Å²) in [5.41, 5.74) is 6.65. The summed E-state index contributed by atoms with van der Waals surface area (Å²) < 4.78 is 10.7. The summed E-state index contributed by atoms with van der Waals surface area (Å²) in [6.07, 6.45) is 0.906. The minimum Gasteiger partial charge on any atom is -0.493 e. The van der Waals surface area contributed by atoms with Crippen molar-refractivity contribution in [3.63, 3.8) is 0 Å². The summed E-state index contributed by atoms with van der Waals surface area (Å²) in [5.74, 6) is 1.74. The van der Waals surface area contributed by atoms with E-state index in [-0.39, 0.29) is 17.9 Å². The average molecular weight is 237 g/mol. The van der Waals surface area contributed by atoms with Gasteiger partial charge in [0.1, 0.15) is 0 Å². The molecule has 0 radical (unpaired) electrons. The standard InChI is InChI=1S/C13H19NO3/c1-16-11-5-3-4-9(12(11)17-2)10-6-13(10,7-14)8-15/h3-5,10,15H,6-8,14H2,1-2H3/t10-,13+/m0/s1. The molecule has 17 heavy (non-hydrogen) atoms. The number of aliphatic hydroxyl groups excluding tert-OH is 1. The van der Waals surface area contributed by atoms with Crippen molar-refractivity contribution in [2.75, 3.05) is 27.4 Å². The molecular formula is C13H19NO3. The van der Waals surface area contributed by atoms with Gasteiger partial charge in [-0.25, -0.2) is 0 Å². The predicted octanol–water partition coefficient (Wildman–Crippen LogP) is 1.13. The van der Waals surface area contributed by atoms with Crippen LogP contribution >= 0.6 is 0 Å². The normalized spacial score (nSPS) is 26.7. The maximum Gasteiger partial charge on any atom is 0.164 e. The van der Waals surface area contributed by atoms with Crippen LogP contribution in [0.5, 0.6) is 11.5 Å². The van der Waals surface area contributed by atoms with E-state index in [1.807, 2.05) is 18.2 Å². The van der Waals surface area contributed by atoms with E-state index >= 15 is 0 Å². The molecule has 2 atom stereocenters. The highest BCUT2D eigenvalue weighted by Crippen LogP contribution is 2.60. The van der Waals surface area contributed by atoms with Gasteiger partial charge in [0.25, 0.3) is 0 Å². The van der Waals surface area contributed by atoms with Crippen molar-refractivity contribution in [3.05, 3.63) is 23.8 Å². The van der Waals surface area contributed by atoms with Gasteiger partial charge in [-0.15, -0.1) is 0 Å². The first kappa shape index (κ1) is 12.2. The van der Waals surface area contributed by atoms with E-state index in [4.69, 9.17) is 15.2 Å². The van der Waals surface area contributed by atoms with Crippen molar-refractivity contribution in [2.24, 2.45) is 11.1 Å². The van der Waals surface area contributed by atoms with E-state index in [9.17, 15) is 5.11 Å². The van der Waals surface area contributed by atoms with Crippen LogP contribution in [0.2, 0.25) is 0 Å². The molecule has 1 fully saturated rings. The fourth-order valence-electron chi connectivity index (χ4n) is 2.44. The molecule has 1 aliphatic rings. The second-order valence-corrected chi connectivity index (χ2v) is 4.56. The van der Waals surface area contributed by atoms with Crippen molar-refractivity contribution in [2.45, 2.75) is 12.3 Å². The summed E-state index contributed by atoms with van der Waals surface area (Å²) in [4.78, 5) is 0. The summed E-state index contributed by atoms with van der Waals surface area (Å²) in [5, 5.41) is 9.43. The van der Waals surface area contributed by atoms with Crippen LogP contribution in [-0.4, -0.2) is 32.5 Å². The maximum atomic E-state index is 9.43. The second-order valence-electron chi connectivity index (χ2n) is 4.56. The van der Waals surface area contributed by atoms with E-state index < -0.39 is 0 Å². The highest BCUT2D eigenvalue weighted by Gasteiger charge is 2.54. The molecule has 0 bridgehead atoms. The minimum absolute atomic E-state index is 0.120. The van der Waals surface area contributed by atoms with E-state index in [1.165, 1.54) is 0 Å². The number of nitrogens with two attached hydrogens (primary N) is 1. The van der Waals surface area contributed by atoms with Crippen molar-refractivity contribution >= 4 is 0 Å². The topological polar surface area (TPSA) is 64.7 Å². The SMILES string of the molecule is COc1cccc([C@@H]2C[C@@]2(CN)CO)c1OC. The van der Waals surface area contributed by atoms with Gasteiger partial charge in [-0.2, -0.15) is 0 Å². The Morgan fingerprint density at radius 1 is 1.41 bits per heavy atom. The Labute approximate surface area is 101 Å². The van der Waals surface area contributed by atoms with Gasteiger partial charge < -0.3 is 20.3 Å². The van der Waals surface area contributed by atoms with Crippen LogP contribution in [0.1, 0.15) is 17.9 Å². The molecule has 3 N–H and O–H groups in total. The molecule has 0 heterocycles. The highest BCUT2D eigenvalue weighted by molar-refractivity contribution is 5.51. The van der Waals surface area contributed by atoms with Crippen molar-refractivity contribution in [3.8, 4) is 11.5 Å². The van der Waals surface area contributed by atoms with E-state index in [2.05, 4.69) is 0 Å². The number of aliphatic hydroxyl groups is 1. The lowest BCUT2D eigenvalue weighted by Crippen LogP contribution is -2.21. The van der Waals surface area contributed by atoms with Crippen LogP contribution in [0, 0.1) is 5.41 Å². The molecule has 1 aliphatic carbocycles. The van der Waals surface area contributed by atoms with Crippen LogP contribution in [0.3, 0.4) is 0 Å². The van der Waals surface area contributed by atoms with Gasteiger partial charge in [0.2, 0.25) is 0 Å². The molecule has 4 heteroatoms. The quantitative estimate of drug-likeness (QED) is 0.805. The smallest absolute Gasteiger partial charge is 0.164 e.